The molecule has 4 saturated heterocycles. The molecule has 4 heterocycles. The Morgan fingerprint density at radius 1 is 0.613 bits per heavy atom. The fraction of sp³-hybridized carbons (Fsp3) is 0.942. The average Bonchev–Trinajstić information content (AvgIpc) is 3.36. The summed E-state index contributed by atoms with van der Waals surface area (Å²) in [6.45, 7) is 13.2. The number of carboxylic acids is 1. The van der Waals surface area contributed by atoms with Crippen LogP contribution in [0, 0.1) is 50.2 Å². The van der Waals surface area contributed by atoms with Gasteiger partial charge in [-0.2, -0.15) is 0 Å². The molecule has 0 aromatic heterocycles. The highest BCUT2D eigenvalue weighted by Gasteiger charge is 2.71. The van der Waals surface area contributed by atoms with Crippen LogP contribution >= 0.6 is 0 Å². The normalized spacial score (nSPS) is 55.9. The molecule has 0 amide bonds. The van der Waals surface area contributed by atoms with Gasteiger partial charge in [0.1, 0.15) is 79.4 Å². The van der Waals surface area contributed by atoms with Gasteiger partial charge in [0.2, 0.25) is 0 Å². The monoisotopic (exact) mass is 1080 g/mol. The second-order valence-electron chi connectivity index (χ2n) is 25.5. The van der Waals surface area contributed by atoms with E-state index in [1.54, 1.807) is 0 Å². The molecule has 29 atom stereocenters. The molecule has 0 aromatic carbocycles. The first-order valence-corrected chi connectivity index (χ1v) is 26.8. The number of carbonyl (C=O) groups is 1. The van der Waals surface area contributed by atoms with Crippen molar-refractivity contribution < 1.29 is 114 Å². The zero-order valence-corrected chi connectivity index (χ0v) is 43.9. The molecule has 23 heteroatoms. The minimum absolute atomic E-state index is 0.0927. The van der Waals surface area contributed by atoms with Gasteiger partial charge in [0, 0.05) is 10.8 Å². The number of aliphatic hydroxyl groups excluding tert-OH is 13. The van der Waals surface area contributed by atoms with E-state index in [1.165, 1.54) is 5.57 Å². The van der Waals surface area contributed by atoms with Crippen LogP contribution in [0.25, 0.3) is 0 Å². The summed E-state index contributed by atoms with van der Waals surface area (Å²) < 4.78 is 47.9. The van der Waals surface area contributed by atoms with Gasteiger partial charge >= 0.3 is 5.97 Å². The number of aliphatic carboxylic acids is 1. The molecule has 0 radical (unpaired) electrons. The van der Waals surface area contributed by atoms with Crippen LogP contribution in [0.3, 0.4) is 0 Å². The zero-order chi connectivity index (χ0) is 54.9. The number of carboxylic acid groups (broad SMARTS) is 1. The molecular formula is C52H84O23. The summed E-state index contributed by atoms with van der Waals surface area (Å²) in [5.41, 5.74) is -2.02. The number of allylic oxidation sites excluding steroid dienone is 2. The second kappa shape index (κ2) is 20.7. The Morgan fingerprint density at radius 3 is 1.91 bits per heavy atom. The molecule has 4 aliphatic heterocycles. The molecule has 23 nitrogen and oxygen atoms in total. The Hall–Kier alpha value is -1.63. The van der Waals surface area contributed by atoms with E-state index in [1.807, 2.05) is 20.8 Å². The topological polar surface area (TPSA) is 374 Å². The number of hydrogen-bond acceptors (Lipinski definition) is 22. The number of ether oxygens (including phenoxy) is 8. The van der Waals surface area contributed by atoms with Crippen LogP contribution in [-0.2, 0) is 42.7 Å². The highest BCUT2D eigenvalue weighted by Crippen LogP contribution is 2.76. The van der Waals surface area contributed by atoms with Gasteiger partial charge in [-0.25, -0.2) is 4.79 Å². The molecular weight excluding hydrogens is 993 g/mol. The van der Waals surface area contributed by atoms with Crippen LogP contribution in [0.1, 0.15) is 99.8 Å². The molecule has 0 spiro atoms. The van der Waals surface area contributed by atoms with E-state index in [4.69, 9.17) is 37.9 Å². The van der Waals surface area contributed by atoms with Crippen LogP contribution in [0.15, 0.2) is 11.6 Å². The minimum Gasteiger partial charge on any atom is -0.479 e. The summed E-state index contributed by atoms with van der Waals surface area (Å²) in [5, 5.41) is 151. The molecule has 0 bridgehead atoms. The van der Waals surface area contributed by atoms with Crippen LogP contribution in [0.5, 0.6) is 0 Å². The molecule has 430 valence electrons. The van der Waals surface area contributed by atoms with Crippen molar-refractivity contribution in [2.45, 2.75) is 229 Å². The molecule has 8 fully saturated rings. The summed E-state index contributed by atoms with van der Waals surface area (Å²) in [5.74, 6) is -1.68. The Labute approximate surface area is 436 Å². The molecule has 75 heavy (non-hydrogen) atoms. The first-order chi connectivity index (χ1) is 35.0. The molecule has 14 N–H and O–H groups in total. The Balaban J connectivity index is 0.954. The van der Waals surface area contributed by atoms with Crippen LogP contribution in [0.2, 0.25) is 0 Å². The summed E-state index contributed by atoms with van der Waals surface area (Å²) in [7, 11) is 0. The lowest BCUT2D eigenvalue weighted by Gasteiger charge is -2.72. The van der Waals surface area contributed by atoms with Crippen molar-refractivity contribution in [1.82, 2.24) is 0 Å². The van der Waals surface area contributed by atoms with Gasteiger partial charge in [-0.15, -0.1) is 0 Å². The van der Waals surface area contributed by atoms with E-state index in [0.717, 1.165) is 12.8 Å². The van der Waals surface area contributed by atoms with Gasteiger partial charge in [-0.1, -0.05) is 60.1 Å². The highest BCUT2D eigenvalue weighted by atomic mass is 16.8. The van der Waals surface area contributed by atoms with Crippen molar-refractivity contribution in [1.29, 1.82) is 0 Å². The minimum atomic E-state index is -1.98. The predicted molar refractivity (Wildman–Crippen MR) is 254 cm³/mol. The quantitative estimate of drug-likeness (QED) is 0.0768. The number of fused-ring (bicyclic) bond motifs is 7. The maximum atomic E-state index is 12.3. The van der Waals surface area contributed by atoms with E-state index in [0.29, 0.717) is 38.5 Å². The van der Waals surface area contributed by atoms with Crippen molar-refractivity contribution in [3.8, 4) is 0 Å². The fourth-order valence-electron chi connectivity index (χ4n) is 16.2. The van der Waals surface area contributed by atoms with Crippen molar-refractivity contribution in [2.24, 2.45) is 50.2 Å². The Morgan fingerprint density at radius 2 is 1.25 bits per heavy atom. The summed E-state index contributed by atoms with van der Waals surface area (Å²) in [4.78, 5) is 12.3. The van der Waals surface area contributed by atoms with E-state index in [-0.39, 0.29) is 47.2 Å². The summed E-state index contributed by atoms with van der Waals surface area (Å²) in [6.07, 6.45) is -24.9. The van der Waals surface area contributed by atoms with Gasteiger partial charge < -0.3 is 109 Å². The van der Waals surface area contributed by atoms with Gasteiger partial charge in [-0.05, 0) is 90.8 Å². The maximum absolute atomic E-state index is 12.3. The standard InChI is InChI=1S/C52H84O23/c1-47(2)16-22-21-8-9-27-49(4)12-11-28(71-46-39(33(61)32(60)38(73-46)42(66)67)74-43-34(62)29(57)23(55)18-68-43)50(5,20-54)26(49)10-13-52(27,7)51(21,6)15-14-48(22,3)41(40(47)65)75-44-36(64)37(24(56)19-69-44)72-45-35(63)31(59)30(58)25(17-53)70-45/h8,22-41,43-46,53-65H,9-20H2,1-7H3,(H,66,67)/t22-,23-,24-,25+,26+,27+,28-,29-,30+,31-,32-,33-,34+,35+,36+,37-,38-,39+,40-,41+,43-,44-,45-,46+,48+,49-,50+,51+,52+/m0/s1. The third kappa shape index (κ3) is 9.20. The molecule has 9 rings (SSSR count). The third-order valence-corrected chi connectivity index (χ3v) is 21.1. The maximum Gasteiger partial charge on any atom is 0.335 e. The van der Waals surface area contributed by atoms with E-state index in [9.17, 15) is 76.3 Å². The molecule has 0 unspecified atom stereocenters. The lowest BCUT2D eigenvalue weighted by molar-refractivity contribution is -0.367. The van der Waals surface area contributed by atoms with E-state index in [2.05, 4.69) is 33.8 Å². The molecule has 9 aliphatic rings. The highest BCUT2D eigenvalue weighted by molar-refractivity contribution is 5.73. The molecule has 5 aliphatic carbocycles. The largest absolute Gasteiger partial charge is 0.479 e. The van der Waals surface area contributed by atoms with Crippen molar-refractivity contribution in [3.05, 3.63) is 11.6 Å². The lowest BCUT2D eigenvalue weighted by Crippen LogP contribution is -2.69. The number of rotatable bonds is 11. The van der Waals surface area contributed by atoms with Crippen molar-refractivity contribution in [2.75, 3.05) is 26.4 Å². The second-order valence-corrected chi connectivity index (χ2v) is 25.5. The summed E-state index contributed by atoms with van der Waals surface area (Å²) >= 11 is 0. The first kappa shape index (κ1) is 58.0. The number of hydrogen-bond donors (Lipinski definition) is 14. The third-order valence-electron chi connectivity index (χ3n) is 21.1. The zero-order valence-electron chi connectivity index (χ0n) is 43.9. The first-order valence-electron chi connectivity index (χ1n) is 26.8. The summed E-state index contributed by atoms with van der Waals surface area (Å²) in [6, 6.07) is 0. The van der Waals surface area contributed by atoms with Crippen LogP contribution in [-0.4, -0.2) is 233 Å². The van der Waals surface area contributed by atoms with Gasteiger partial charge in [0.25, 0.3) is 0 Å². The van der Waals surface area contributed by atoms with E-state index < -0.39 is 164 Å². The lowest BCUT2D eigenvalue weighted by atomic mass is 9.33. The van der Waals surface area contributed by atoms with Gasteiger partial charge in [-0.3, -0.25) is 0 Å². The Bertz CT molecular complexity index is 2080. The van der Waals surface area contributed by atoms with Gasteiger partial charge in [0.05, 0.1) is 44.7 Å². The van der Waals surface area contributed by atoms with Gasteiger partial charge in [0.15, 0.2) is 31.3 Å². The Kier molecular flexibility index (Phi) is 16.0. The molecule has 0 aromatic rings. The number of aliphatic hydroxyl groups is 13. The average molecular weight is 1080 g/mol. The smallest absolute Gasteiger partial charge is 0.335 e. The van der Waals surface area contributed by atoms with E-state index >= 15 is 0 Å². The fourth-order valence-corrected chi connectivity index (χ4v) is 16.2. The van der Waals surface area contributed by atoms with Crippen molar-refractivity contribution in [3.63, 3.8) is 0 Å². The molecule has 4 saturated carbocycles. The van der Waals surface area contributed by atoms with Crippen LogP contribution in [0.4, 0.5) is 0 Å². The SMILES string of the molecule is CC1(C)C[C@H]2C3=CC[C@@H]4[C@@]5(C)CC[C@H](O[C@@H]6O[C@H](C(=O)O)[C@@H](O)[C@H](O)[C@H]6O[C@@H]6OC[C@H](O)[C@H](O)[C@H]6O)[C@](C)(CO)[C@@H]5CC[C@@]4(C)[C@]3(C)CC[C@@]2(C)[C@H](O[C@@H]2OC[C@H](O)[C@H](O[C@@H]3O[C@H](CO)[C@@H](O)[C@H](O)[C@H]3O)[C@H]2O)[C@@H]1O. The van der Waals surface area contributed by atoms with Crippen molar-refractivity contribution >= 4 is 5.97 Å². The van der Waals surface area contributed by atoms with Crippen LogP contribution < -0.4 is 0 Å². The predicted octanol–water partition coefficient (Wildman–Crippen LogP) is -2.25.